The molecule has 0 bridgehead atoms. The zero-order chi connectivity index (χ0) is 16.9. The lowest BCUT2D eigenvalue weighted by atomic mass is 10.1. The fraction of sp³-hybridized carbons (Fsp3) is 0.438. The third-order valence-electron chi connectivity index (χ3n) is 2.74. The summed E-state index contributed by atoms with van der Waals surface area (Å²) in [6, 6.07) is 1.72. The van der Waals surface area contributed by atoms with Crippen LogP contribution in [-0.4, -0.2) is 22.6 Å². The molecule has 0 fully saturated rings. The molecule has 1 aromatic rings. The smallest absolute Gasteiger partial charge is 0.413 e. The molecule has 0 aliphatic rings. The molecule has 2 N–H and O–H groups in total. The van der Waals surface area contributed by atoms with Crippen LogP contribution in [0, 0.1) is 26.2 Å². The number of carbonyl (C=O) groups is 2. The molecule has 0 atom stereocenters. The Morgan fingerprint density at radius 1 is 1.36 bits per heavy atom. The first kappa shape index (κ1) is 17.5. The summed E-state index contributed by atoms with van der Waals surface area (Å²) in [5.41, 5.74) is 1.87. The first-order valence-corrected chi connectivity index (χ1v) is 6.84. The molecule has 0 spiro atoms. The molecule has 6 nitrogen and oxygen atoms in total. The van der Waals surface area contributed by atoms with Crippen molar-refractivity contribution in [2.24, 2.45) is 0 Å². The van der Waals surface area contributed by atoms with Crippen LogP contribution in [0.3, 0.4) is 0 Å². The molecular weight excluding hydrogens is 282 g/mol. The molecule has 1 rings (SSSR count). The fourth-order valence-electron chi connectivity index (χ4n) is 1.82. The molecule has 22 heavy (non-hydrogen) atoms. The van der Waals surface area contributed by atoms with Crippen molar-refractivity contribution in [1.82, 2.24) is 10.3 Å². The van der Waals surface area contributed by atoms with Crippen molar-refractivity contribution in [3.63, 3.8) is 0 Å². The van der Waals surface area contributed by atoms with E-state index in [1.165, 1.54) is 0 Å². The molecule has 1 heterocycles. The lowest BCUT2D eigenvalue weighted by Crippen LogP contribution is -2.27. The topological polar surface area (TPSA) is 80.3 Å². The third kappa shape index (κ3) is 5.44. The molecule has 118 valence electrons. The van der Waals surface area contributed by atoms with Crippen LogP contribution < -0.4 is 10.6 Å². The summed E-state index contributed by atoms with van der Waals surface area (Å²) in [6.07, 6.45) is 4.44. The normalized spacial score (nSPS) is 10.5. The molecule has 1 aromatic heterocycles. The number of hydrogen-bond acceptors (Lipinski definition) is 4. The van der Waals surface area contributed by atoms with Gasteiger partial charge in [-0.15, -0.1) is 6.42 Å². The van der Waals surface area contributed by atoms with E-state index < -0.39 is 17.6 Å². The fourth-order valence-corrected chi connectivity index (χ4v) is 1.82. The van der Waals surface area contributed by atoms with Crippen LogP contribution in [0.4, 0.5) is 10.6 Å². The van der Waals surface area contributed by atoms with Gasteiger partial charge in [0.15, 0.2) is 0 Å². The lowest BCUT2D eigenvalue weighted by molar-refractivity contribution is -0.115. The largest absolute Gasteiger partial charge is 0.444 e. The van der Waals surface area contributed by atoms with E-state index in [0.717, 1.165) is 11.1 Å². The Hall–Kier alpha value is -2.55. The average molecular weight is 303 g/mol. The van der Waals surface area contributed by atoms with Gasteiger partial charge in [-0.25, -0.2) is 9.78 Å². The molecule has 0 saturated heterocycles. The Balaban J connectivity index is 2.83. The molecule has 2 amide bonds. The Morgan fingerprint density at radius 2 is 2.00 bits per heavy atom. The molecule has 0 saturated carbocycles. The number of aromatic nitrogens is 1. The summed E-state index contributed by atoms with van der Waals surface area (Å²) < 4.78 is 5.18. The maximum atomic E-state index is 11.7. The Morgan fingerprint density at radius 3 is 2.50 bits per heavy atom. The van der Waals surface area contributed by atoms with E-state index in [9.17, 15) is 9.59 Å². The molecule has 0 aliphatic carbocycles. The van der Waals surface area contributed by atoms with Crippen molar-refractivity contribution in [3.8, 4) is 12.3 Å². The van der Waals surface area contributed by atoms with E-state index in [2.05, 4.69) is 15.6 Å². The third-order valence-corrected chi connectivity index (χ3v) is 2.74. The summed E-state index contributed by atoms with van der Waals surface area (Å²) in [6.45, 7) is 9.31. The second-order valence-corrected chi connectivity index (χ2v) is 5.84. The second-order valence-electron chi connectivity index (χ2n) is 5.84. The van der Waals surface area contributed by atoms with Crippen LogP contribution in [0.2, 0.25) is 0 Å². The Bertz CT molecular complexity index is 601. The van der Waals surface area contributed by atoms with E-state index in [-0.39, 0.29) is 0 Å². The van der Waals surface area contributed by atoms with E-state index in [1.54, 1.807) is 33.8 Å². The number of hydrogen-bond donors (Lipinski definition) is 2. The number of amides is 2. The first-order valence-electron chi connectivity index (χ1n) is 6.84. The Labute approximate surface area is 130 Å². The molecule has 6 heteroatoms. The lowest BCUT2D eigenvalue weighted by Gasteiger charge is -2.20. The van der Waals surface area contributed by atoms with Crippen molar-refractivity contribution in [2.75, 3.05) is 5.32 Å². The highest BCUT2D eigenvalue weighted by molar-refractivity contribution is 5.92. The van der Waals surface area contributed by atoms with E-state index in [4.69, 9.17) is 11.2 Å². The van der Waals surface area contributed by atoms with Gasteiger partial charge >= 0.3 is 6.09 Å². The van der Waals surface area contributed by atoms with Gasteiger partial charge < -0.3 is 10.1 Å². The Kier molecular flexibility index (Phi) is 5.52. The molecule has 0 unspecified atom stereocenters. The van der Waals surface area contributed by atoms with E-state index in [1.807, 2.05) is 12.8 Å². The minimum absolute atomic E-state index is 0.292. The van der Waals surface area contributed by atoms with Crippen molar-refractivity contribution in [3.05, 3.63) is 22.9 Å². The summed E-state index contributed by atoms with van der Waals surface area (Å²) in [5.74, 6) is 1.91. The van der Waals surface area contributed by atoms with Crippen molar-refractivity contribution >= 4 is 17.8 Å². The highest BCUT2D eigenvalue weighted by atomic mass is 16.6. The highest BCUT2D eigenvalue weighted by Crippen LogP contribution is 2.17. The minimum atomic E-state index is -0.576. The predicted octanol–water partition coefficient (Wildman–Crippen LogP) is 2.29. The quantitative estimate of drug-likeness (QED) is 0.840. The van der Waals surface area contributed by atoms with Crippen molar-refractivity contribution in [2.45, 2.75) is 46.8 Å². The van der Waals surface area contributed by atoms with Gasteiger partial charge in [-0.1, -0.05) is 0 Å². The van der Waals surface area contributed by atoms with Crippen LogP contribution in [0.1, 0.15) is 37.6 Å². The highest BCUT2D eigenvalue weighted by Gasteiger charge is 2.17. The van der Waals surface area contributed by atoms with Gasteiger partial charge in [0.05, 0.1) is 0 Å². The number of rotatable bonds is 3. The number of anilines is 1. The predicted molar refractivity (Wildman–Crippen MR) is 84.2 cm³/mol. The van der Waals surface area contributed by atoms with E-state index in [0.29, 0.717) is 18.1 Å². The zero-order valence-corrected chi connectivity index (χ0v) is 13.5. The summed E-state index contributed by atoms with van der Waals surface area (Å²) in [5, 5.41) is 5.19. The first-order chi connectivity index (χ1) is 10.1. The number of ether oxygens (including phenoxy) is 1. The number of pyridine rings is 1. The molecule has 0 aliphatic heterocycles. The van der Waals surface area contributed by atoms with Gasteiger partial charge in [0, 0.05) is 12.2 Å². The SMILES string of the molecule is C#CC(=O)NCc1c(C)cc(NC(=O)OC(C)(C)C)nc1C. The van der Waals surface area contributed by atoms with Gasteiger partial charge in [0.25, 0.3) is 5.91 Å². The number of nitrogens with zero attached hydrogens (tertiary/aromatic N) is 1. The van der Waals surface area contributed by atoms with Gasteiger partial charge in [-0.05, 0) is 57.7 Å². The molecule has 0 aromatic carbocycles. The van der Waals surface area contributed by atoms with Gasteiger partial charge in [-0.2, -0.15) is 0 Å². The van der Waals surface area contributed by atoms with Gasteiger partial charge in [-0.3, -0.25) is 10.1 Å². The zero-order valence-electron chi connectivity index (χ0n) is 13.5. The monoisotopic (exact) mass is 303 g/mol. The van der Waals surface area contributed by atoms with Crippen LogP contribution in [0.25, 0.3) is 0 Å². The van der Waals surface area contributed by atoms with E-state index >= 15 is 0 Å². The second kappa shape index (κ2) is 6.94. The van der Waals surface area contributed by atoms with Crippen LogP contribution in [-0.2, 0) is 16.1 Å². The molecule has 0 radical (unpaired) electrons. The number of aryl methyl sites for hydroxylation is 2. The van der Waals surface area contributed by atoms with Crippen LogP contribution >= 0.6 is 0 Å². The number of terminal acetylenes is 1. The average Bonchev–Trinajstić information content (AvgIpc) is 2.34. The summed E-state index contributed by atoms with van der Waals surface area (Å²) >= 11 is 0. The molecular formula is C16H21N3O3. The number of nitrogens with one attached hydrogen (secondary N) is 2. The minimum Gasteiger partial charge on any atom is -0.444 e. The number of carbonyl (C=O) groups excluding carboxylic acids is 2. The standard InChI is InChI=1S/C16H21N3O3/c1-7-14(20)17-9-12-10(2)8-13(18-11(12)3)19-15(21)22-16(4,5)6/h1,8H,9H2,2-6H3,(H,17,20)(H,18,19,21). The van der Waals surface area contributed by atoms with Crippen molar-refractivity contribution in [1.29, 1.82) is 0 Å². The van der Waals surface area contributed by atoms with Gasteiger partial charge in [0.2, 0.25) is 0 Å². The van der Waals surface area contributed by atoms with Crippen LogP contribution in [0.15, 0.2) is 6.07 Å². The maximum absolute atomic E-state index is 11.7. The summed E-state index contributed by atoms with van der Waals surface area (Å²) in [7, 11) is 0. The van der Waals surface area contributed by atoms with Crippen molar-refractivity contribution < 1.29 is 14.3 Å². The van der Waals surface area contributed by atoms with Gasteiger partial charge in [0.1, 0.15) is 11.4 Å². The van der Waals surface area contributed by atoms with Crippen LogP contribution in [0.5, 0.6) is 0 Å². The summed E-state index contributed by atoms with van der Waals surface area (Å²) in [4.78, 5) is 27.1. The maximum Gasteiger partial charge on any atom is 0.413 e.